The summed E-state index contributed by atoms with van der Waals surface area (Å²) in [6.07, 6.45) is 0.379. The molecule has 0 bridgehead atoms. The number of aromatic nitrogens is 1. The van der Waals surface area contributed by atoms with Crippen molar-refractivity contribution in [2.45, 2.75) is 20.3 Å². The van der Waals surface area contributed by atoms with E-state index >= 15 is 0 Å². The molecule has 3 rings (SSSR count). The van der Waals surface area contributed by atoms with E-state index in [0.717, 1.165) is 27.8 Å². The van der Waals surface area contributed by atoms with Crippen molar-refractivity contribution >= 4 is 22.5 Å². The van der Waals surface area contributed by atoms with Crippen molar-refractivity contribution in [2.24, 2.45) is 0 Å². The number of fused-ring (bicyclic) bond motifs is 1. The molecule has 106 valence electrons. The highest BCUT2D eigenvalue weighted by atomic mass is 16.1. The molecule has 0 aliphatic heterocycles. The number of hydrogen-bond acceptors (Lipinski definition) is 1. The highest BCUT2D eigenvalue weighted by Gasteiger charge is 2.12. The summed E-state index contributed by atoms with van der Waals surface area (Å²) in [4.78, 5) is 15.6. The molecule has 2 aromatic carbocycles. The molecule has 0 aliphatic rings. The van der Waals surface area contributed by atoms with Crippen molar-refractivity contribution in [1.82, 2.24) is 4.98 Å². The zero-order valence-corrected chi connectivity index (χ0v) is 12.2. The van der Waals surface area contributed by atoms with Crippen LogP contribution in [0.15, 0.2) is 48.5 Å². The fourth-order valence-electron chi connectivity index (χ4n) is 2.61. The van der Waals surface area contributed by atoms with Gasteiger partial charge in [0.1, 0.15) is 0 Å². The van der Waals surface area contributed by atoms with Gasteiger partial charge >= 0.3 is 0 Å². The number of hydrogen-bond donors (Lipinski definition) is 2. The number of para-hydroxylation sites is 1. The summed E-state index contributed by atoms with van der Waals surface area (Å²) in [6, 6.07) is 15.8. The third kappa shape index (κ3) is 2.82. The molecule has 21 heavy (non-hydrogen) atoms. The first-order valence-electron chi connectivity index (χ1n) is 7.06. The number of aromatic amines is 1. The summed E-state index contributed by atoms with van der Waals surface area (Å²) in [6.45, 7) is 4.08. The molecule has 3 nitrogen and oxygen atoms in total. The maximum absolute atomic E-state index is 12.2. The van der Waals surface area contributed by atoms with Gasteiger partial charge in [-0.1, -0.05) is 29.8 Å². The zero-order chi connectivity index (χ0) is 14.8. The number of carbonyl (C=O) groups is 1. The van der Waals surface area contributed by atoms with E-state index in [1.54, 1.807) is 0 Å². The first kappa shape index (κ1) is 13.4. The van der Waals surface area contributed by atoms with Crippen LogP contribution in [0.4, 0.5) is 5.69 Å². The summed E-state index contributed by atoms with van der Waals surface area (Å²) in [7, 11) is 0. The molecule has 1 heterocycles. The van der Waals surface area contributed by atoms with Gasteiger partial charge in [0.05, 0.1) is 6.42 Å². The molecule has 0 aliphatic carbocycles. The Morgan fingerprint density at radius 3 is 2.62 bits per heavy atom. The number of aryl methyl sites for hydroxylation is 2. The summed E-state index contributed by atoms with van der Waals surface area (Å²) in [5.74, 6) is 0.00621. The summed E-state index contributed by atoms with van der Waals surface area (Å²) in [5.41, 5.74) is 5.24. The van der Waals surface area contributed by atoms with Gasteiger partial charge in [0, 0.05) is 22.3 Å². The Labute approximate surface area is 124 Å². The predicted molar refractivity (Wildman–Crippen MR) is 86.5 cm³/mol. The van der Waals surface area contributed by atoms with Crippen LogP contribution in [-0.4, -0.2) is 10.9 Å². The topological polar surface area (TPSA) is 44.9 Å². The minimum Gasteiger partial charge on any atom is -0.358 e. The summed E-state index contributed by atoms with van der Waals surface area (Å²) in [5, 5.41) is 4.07. The molecular formula is C18H18N2O. The third-order valence-corrected chi connectivity index (χ3v) is 3.67. The average Bonchev–Trinajstić information content (AvgIpc) is 2.76. The largest absolute Gasteiger partial charge is 0.358 e. The molecule has 1 amide bonds. The zero-order valence-electron chi connectivity index (χ0n) is 12.2. The van der Waals surface area contributed by atoms with Gasteiger partial charge in [-0.05, 0) is 43.7 Å². The maximum Gasteiger partial charge on any atom is 0.228 e. The molecule has 0 atom stereocenters. The number of benzene rings is 2. The molecule has 0 unspecified atom stereocenters. The normalized spacial score (nSPS) is 10.8. The maximum atomic E-state index is 12.2. The SMILES string of the molecule is Cc1ccc2[nH]c(C)c(CC(=O)Nc3ccccc3)c2c1. The number of H-pyrrole nitrogens is 1. The Hall–Kier alpha value is -2.55. The smallest absolute Gasteiger partial charge is 0.228 e. The number of rotatable bonds is 3. The van der Waals surface area contributed by atoms with Crippen LogP contribution >= 0.6 is 0 Å². The second-order valence-electron chi connectivity index (χ2n) is 5.37. The Balaban J connectivity index is 1.86. The highest BCUT2D eigenvalue weighted by Crippen LogP contribution is 2.24. The first-order valence-corrected chi connectivity index (χ1v) is 7.06. The van der Waals surface area contributed by atoms with E-state index in [9.17, 15) is 4.79 Å². The van der Waals surface area contributed by atoms with Crippen LogP contribution in [0, 0.1) is 13.8 Å². The van der Waals surface area contributed by atoms with Crippen LogP contribution in [-0.2, 0) is 11.2 Å². The van der Waals surface area contributed by atoms with Gasteiger partial charge in [0.15, 0.2) is 0 Å². The molecular weight excluding hydrogens is 260 g/mol. The Morgan fingerprint density at radius 2 is 1.86 bits per heavy atom. The van der Waals surface area contributed by atoms with Crippen molar-refractivity contribution in [3.63, 3.8) is 0 Å². The fourth-order valence-corrected chi connectivity index (χ4v) is 2.61. The van der Waals surface area contributed by atoms with E-state index in [2.05, 4.69) is 35.4 Å². The second kappa shape index (κ2) is 5.44. The van der Waals surface area contributed by atoms with Crippen LogP contribution in [0.5, 0.6) is 0 Å². The van der Waals surface area contributed by atoms with E-state index in [-0.39, 0.29) is 5.91 Å². The monoisotopic (exact) mass is 278 g/mol. The van der Waals surface area contributed by atoms with Gasteiger partial charge in [-0.25, -0.2) is 0 Å². The number of anilines is 1. The van der Waals surface area contributed by atoms with E-state index in [4.69, 9.17) is 0 Å². The molecule has 0 saturated carbocycles. The second-order valence-corrected chi connectivity index (χ2v) is 5.37. The van der Waals surface area contributed by atoms with Crippen LogP contribution in [0.3, 0.4) is 0 Å². The van der Waals surface area contributed by atoms with Gasteiger partial charge in [0.25, 0.3) is 0 Å². The lowest BCUT2D eigenvalue weighted by molar-refractivity contribution is -0.115. The number of nitrogens with one attached hydrogen (secondary N) is 2. The summed E-state index contributed by atoms with van der Waals surface area (Å²) < 4.78 is 0. The first-order chi connectivity index (χ1) is 10.1. The molecule has 0 spiro atoms. The standard InChI is InChI=1S/C18H18N2O/c1-12-8-9-17-16(10-12)15(13(2)19-17)11-18(21)20-14-6-4-3-5-7-14/h3-10,19H,11H2,1-2H3,(H,20,21). The van der Waals surface area contributed by atoms with Crippen molar-refractivity contribution in [3.8, 4) is 0 Å². The Bertz CT molecular complexity index is 788. The molecule has 3 aromatic rings. The third-order valence-electron chi connectivity index (χ3n) is 3.67. The fraction of sp³-hybridized carbons (Fsp3) is 0.167. The minimum atomic E-state index is 0.00621. The number of amides is 1. The predicted octanol–water partition coefficient (Wildman–Crippen LogP) is 3.97. The highest BCUT2D eigenvalue weighted by molar-refractivity contribution is 5.96. The quantitative estimate of drug-likeness (QED) is 0.748. The molecule has 3 heteroatoms. The van der Waals surface area contributed by atoms with E-state index < -0.39 is 0 Å². The minimum absolute atomic E-state index is 0.00621. The molecule has 0 saturated heterocycles. The molecule has 0 fully saturated rings. The van der Waals surface area contributed by atoms with Crippen molar-refractivity contribution in [2.75, 3.05) is 5.32 Å². The van der Waals surface area contributed by atoms with Gasteiger partial charge < -0.3 is 10.3 Å². The van der Waals surface area contributed by atoms with Crippen LogP contribution in [0.2, 0.25) is 0 Å². The molecule has 1 aromatic heterocycles. The van der Waals surface area contributed by atoms with Crippen molar-refractivity contribution in [3.05, 3.63) is 65.4 Å². The van der Waals surface area contributed by atoms with Crippen molar-refractivity contribution in [1.29, 1.82) is 0 Å². The van der Waals surface area contributed by atoms with Gasteiger partial charge in [-0.3, -0.25) is 4.79 Å². The van der Waals surface area contributed by atoms with E-state index in [1.165, 1.54) is 5.56 Å². The number of carbonyl (C=O) groups excluding carboxylic acids is 1. The van der Waals surface area contributed by atoms with Gasteiger partial charge in [-0.2, -0.15) is 0 Å². The lowest BCUT2D eigenvalue weighted by Crippen LogP contribution is -2.14. The lowest BCUT2D eigenvalue weighted by atomic mass is 10.1. The summed E-state index contributed by atoms with van der Waals surface area (Å²) >= 11 is 0. The molecule has 2 N–H and O–H groups in total. The van der Waals surface area contributed by atoms with Gasteiger partial charge in [0.2, 0.25) is 5.91 Å². The Kier molecular flexibility index (Phi) is 3.48. The van der Waals surface area contributed by atoms with E-state index in [0.29, 0.717) is 6.42 Å². The van der Waals surface area contributed by atoms with Crippen LogP contribution in [0.25, 0.3) is 10.9 Å². The lowest BCUT2D eigenvalue weighted by Gasteiger charge is -2.05. The average molecular weight is 278 g/mol. The van der Waals surface area contributed by atoms with Crippen LogP contribution in [0.1, 0.15) is 16.8 Å². The van der Waals surface area contributed by atoms with Crippen LogP contribution < -0.4 is 5.32 Å². The Morgan fingerprint density at radius 1 is 1.10 bits per heavy atom. The van der Waals surface area contributed by atoms with Crippen molar-refractivity contribution < 1.29 is 4.79 Å². The van der Waals surface area contributed by atoms with E-state index in [1.807, 2.05) is 37.3 Å². The molecule has 0 radical (unpaired) electrons. The van der Waals surface area contributed by atoms with Gasteiger partial charge in [-0.15, -0.1) is 0 Å².